The lowest BCUT2D eigenvalue weighted by atomic mass is 10.1. The molecule has 0 radical (unpaired) electrons. The summed E-state index contributed by atoms with van der Waals surface area (Å²) < 4.78 is 50.8. The average Bonchev–Trinajstić information content (AvgIpc) is 2.81. The van der Waals surface area contributed by atoms with Gasteiger partial charge in [0.05, 0.1) is 17.1 Å². The van der Waals surface area contributed by atoms with E-state index in [0.29, 0.717) is 12.1 Å². The first-order valence-electron chi connectivity index (χ1n) is 5.83. The van der Waals surface area contributed by atoms with Crippen molar-refractivity contribution in [3.63, 3.8) is 0 Å². The van der Waals surface area contributed by atoms with Gasteiger partial charge < -0.3 is 5.32 Å². The summed E-state index contributed by atoms with van der Waals surface area (Å²) in [6.07, 6.45) is -3.26. The molecule has 1 amide bonds. The maximum Gasteiger partial charge on any atom is 0.419 e. The normalized spacial score (nSPS) is 11.5. The Labute approximate surface area is 121 Å². The van der Waals surface area contributed by atoms with Crippen molar-refractivity contribution in [1.29, 1.82) is 0 Å². The number of alkyl halides is 3. The lowest BCUT2D eigenvalue weighted by Crippen LogP contribution is -2.23. The standard InChI is InChI=1S/C13H10F4N2OS/c1-7-18-5-9(21-7)6-19-12(20)8-2-3-11(14)10(4-8)13(15,16)17/h2-5H,6H2,1H3,(H,19,20). The summed E-state index contributed by atoms with van der Waals surface area (Å²) in [4.78, 5) is 16.6. The van der Waals surface area contributed by atoms with Crippen molar-refractivity contribution >= 4 is 17.2 Å². The van der Waals surface area contributed by atoms with Crippen LogP contribution in [0, 0.1) is 12.7 Å². The van der Waals surface area contributed by atoms with Gasteiger partial charge in [-0.2, -0.15) is 13.2 Å². The number of hydrogen-bond acceptors (Lipinski definition) is 3. The number of nitrogens with zero attached hydrogens (tertiary/aromatic N) is 1. The number of halogens is 4. The molecule has 8 heteroatoms. The molecular formula is C13H10F4N2OS. The Morgan fingerprint density at radius 3 is 2.67 bits per heavy atom. The number of aromatic nitrogens is 1. The van der Waals surface area contributed by atoms with Crippen LogP contribution in [0.1, 0.15) is 25.8 Å². The maximum absolute atomic E-state index is 13.1. The van der Waals surface area contributed by atoms with Gasteiger partial charge in [0, 0.05) is 16.6 Å². The second kappa shape index (κ2) is 5.80. The Balaban J connectivity index is 2.12. The monoisotopic (exact) mass is 318 g/mol. The minimum absolute atomic E-state index is 0.156. The van der Waals surface area contributed by atoms with Gasteiger partial charge in [0.15, 0.2) is 0 Å². The van der Waals surface area contributed by atoms with Crippen LogP contribution in [0.25, 0.3) is 0 Å². The van der Waals surface area contributed by atoms with E-state index in [9.17, 15) is 22.4 Å². The summed E-state index contributed by atoms with van der Waals surface area (Å²) in [7, 11) is 0. The van der Waals surface area contributed by atoms with Gasteiger partial charge in [-0.25, -0.2) is 9.37 Å². The fourth-order valence-corrected chi connectivity index (χ4v) is 2.37. The summed E-state index contributed by atoms with van der Waals surface area (Å²) in [6, 6.07) is 2.15. The zero-order valence-corrected chi connectivity index (χ0v) is 11.6. The number of nitrogens with one attached hydrogen (secondary N) is 1. The molecule has 1 heterocycles. The smallest absolute Gasteiger partial charge is 0.347 e. The van der Waals surface area contributed by atoms with E-state index in [2.05, 4.69) is 10.3 Å². The zero-order valence-electron chi connectivity index (χ0n) is 10.8. The Hall–Kier alpha value is -1.96. The van der Waals surface area contributed by atoms with Crippen LogP contribution in [-0.2, 0) is 12.7 Å². The van der Waals surface area contributed by atoms with Crippen LogP contribution >= 0.6 is 11.3 Å². The SMILES string of the molecule is Cc1ncc(CNC(=O)c2ccc(F)c(C(F)(F)F)c2)s1. The van der Waals surface area contributed by atoms with E-state index in [1.54, 1.807) is 13.1 Å². The van der Waals surface area contributed by atoms with E-state index >= 15 is 0 Å². The summed E-state index contributed by atoms with van der Waals surface area (Å²) in [5.41, 5.74) is -1.70. The topological polar surface area (TPSA) is 42.0 Å². The summed E-state index contributed by atoms with van der Waals surface area (Å²) in [5, 5.41) is 3.29. The molecular weight excluding hydrogens is 308 g/mol. The molecule has 1 N–H and O–H groups in total. The van der Waals surface area contributed by atoms with Gasteiger partial charge in [-0.3, -0.25) is 4.79 Å². The van der Waals surface area contributed by atoms with E-state index in [1.807, 2.05) is 0 Å². The van der Waals surface area contributed by atoms with Crippen molar-refractivity contribution in [1.82, 2.24) is 10.3 Å². The highest BCUT2D eigenvalue weighted by molar-refractivity contribution is 7.11. The highest BCUT2D eigenvalue weighted by Gasteiger charge is 2.34. The van der Waals surface area contributed by atoms with Crippen LogP contribution in [0.3, 0.4) is 0 Å². The lowest BCUT2D eigenvalue weighted by molar-refractivity contribution is -0.140. The molecule has 112 valence electrons. The highest BCUT2D eigenvalue weighted by atomic mass is 32.1. The Kier molecular flexibility index (Phi) is 4.26. The first-order valence-corrected chi connectivity index (χ1v) is 6.65. The molecule has 0 spiro atoms. The average molecular weight is 318 g/mol. The second-order valence-electron chi connectivity index (χ2n) is 4.22. The molecule has 21 heavy (non-hydrogen) atoms. The van der Waals surface area contributed by atoms with E-state index in [1.165, 1.54) is 11.3 Å². The van der Waals surface area contributed by atoms with Crippen molar-refractivity contribution in [2.24, 2.45) is 0 Å². The van der Waals surface area contributed by atoms with Gasteiger partial charge >= 0.3 is 6.18 Å². The lowest BCUT2D eigenvalue weighted by Gasteiger charge is -2.10. The number of hydrogen-bond donors (Lipinski definition) is 1. The fourth-order valence-electron chi connectivity index (χ4n) is 1.64. The molecule has 0 aliphatic carbocycles. The summed E-state index contributed by atoms with van der Waals surface area (Å²) >= 11 is 1.37. The largest absolute Gasteiger partial charge is 0.419 e. The molecule has 2 rings (SSSR count). The van der Waals surface area contributed by atoms with E-state index in [-0.39, 0.29) is 12.1 Å². The predicted octanol–water partition coefficient (Wildman–Crippen LogP) is 3.54. The number of thiazole rings is 1. The van der Waals surface area contributed by atoms with Gasteiger partial charge in [-0.15, -0.1) is 11.3 Å². The first-order chi connectivity index (χ1) is 9.77. The quantitative estimate of drug-likeness (QED) is 0.880. The fraction of sp³-hybridized carbons (Fsp3) is 0.231. The third-order valence-corrected chi connectivity index (χ3v) is 3.54. The molecule has 0 atom stereocenters. The third-order valence-electron chi connectivity index (χ3n) is 2.63. The van der Waals surface area contributed by atoms with Crippen LogP contribution in [0.4, 0.5) is 17.6 Å². The van der Waals surface area contributed by atoms with Crippen LogP contribution in [0.2, 0.25) is 0 Å². The van der Waals surface area contributed by atoms with Gasteiger partial charge in [0.25, 0.3) is 5.91 Å². The molecule has 1 aromatic heterocycles. The molecule has 0 saturated heterocycles. The van der Waals surface area contributed by atoms with Gasteiger partial charge in [-0.05, 0) is 25.1 Å². The molecule has 3 nitrogen and oxygen atoms in total. The third kappa shape index (κ3) is 3.78. The maximum atomic E-state index is 13.1. The summed E-state index contributed by atoms with van der Waals surface area (Å²) in [6.45, 7) is 1.95. The molecule has 0 aliphatic heterocycles. The van der Waals surface area contributed by atoms with Gasteiger partial charge in [0.2, 0.25) is 0 Å². The molecule has 0 unspecified atom stereocenters. The van der Waals surface area contributed by atoms with E-state index in [0.717, 1.165) is 16.0 Å². The second-order valence-corrected chi connectivity index (χ2v) is 5.54. The number of carbonyl (C=O) groups is 1. The Bertz CT molecular complexity index is 666. The molecule has 0 saturated carbocycles. The number of benzene rings is 1. The summed E-state index contributed by atoms with van der Waals surface area (Å²) in [5.74, 6) is -2.11. The van der Waals surface area contributed by atoms with Crippen molar-refractivity contribution in [2.45, 2.75) is 19.6 Å². The van der Waals surface area contributed by atoms with E-state index < -0.39 is 23.5 Å². The number of aryl methyl sites for hydroxylation is 1. The van der Waals surface area contributed by atoms with Crippen LogP contribution in [0.5, 0.6) is 0 Å². The van der Waals surface area contributed by atoms with Crippen molar-refractivity contribution in [3.8, 4) is 0 Å². The Morgan fingerprint density at radius 1 is 1.38 bits per heavy atom. The molecule has 1 aromatic carbocycles. The Morgan fingerprint density at radius 2 is 2.10 bits per heavy atom. The number of carbonyl (C=O) groups excluding carboxylic acids is 1. The van der Waals surface area contributed by atoms with Crippen molar-refractivity contribution < 1.29 is 22.4 Å². The van der Waals surface area contributed by atoms with Gasteiger partial charge in [0.1, 0.15) is 5.82 Å². The minimum atomic E-state index is -4.84. The predicted molar refractivity (Wildman–Crippen MR) is 69.4 cm³/mol. The molecule has 0 bridgehead atoms. The van der Waals surface area contributed by atoms with Crippen molar-refractivity contribution in [3.05, 3.63) is 51.2 Å². The molecule has 0 fully saturated rings. The van der Waals surface area contributed by atoms with Gasteiger partial charge in [-0.1, -0.05) is 0 Å². The van der Waals surface area contributed by atoms with Crippen LogP contribution in [-0.4, -0.2) is 10.9 Å². The van der Waals surface area contributed by atoms with Crippen molar-refractivity contribution in [2.75, 3.05) is 0 Å². The zero-order chi connectivity index (χ0) is 15.6. The number of amides is 1. The van der Waals surface area contributed by atoms with Crippen LogP contribution in [0.15, 0.2) is 24.4 Å². The molecule has 0 aliphatic rings. The molecule has 2 aromatic rings. The van der Waals surface area contributed by atoms with Crippen LogP contribution < -0.4 is 5.32 Å². The number of rotatable bonds is 3. The minimum Gasteiger partial charge on any atom is -0.347 e. The first kappa shape index (κ1) is 15.4. The highest BCUT2D eigenvalue weighted by Crippen LogP contribution is 2.31. The van der Waals surface area contributed by atoms with E-state index in [4.69, 9.17) is 0 Å².